The normalized spacial score (nSPS) is 7.38. The maximum atomic E-state index is 8.44. The molecule has 0 aliphatic rings. The predicted molar refractivity (Wildman–Crippen MR) is 40.9 cm³/mol. The molecule has 0 radical (unpaired) electrons. The Bertz CT molecular complexity index is 214. The molecule has 0 spiro atoms. The predicted octanol–water partition coefficient (Wildman–Crippen LogP) is -5.00. The minimum absolute atomic E-state index is 0. The van der Waals surface area contributed by atoms with Gasteiger partial charge in [-0.15, -0.1) is 11.4 Å². The average Bonchev–Trinajstić information content (AvgIpc) is 1.87. The van der Waals surface area contributed by atoms with Crippen LogP contribution in [0.4, 0.5) is 0 Å². The van der Waals surface area contributed by atoms with Crippen molar-refractivity contribution in [3.63, 3.8) is 0 Å². The van der Waals surface area contributed by atoms with Gasteiger partial charge in [0.1, 0.15) is 0 Å². The molecule has 1 rings (SSSR count). The van der Waals surface area contributed by atoms with E-state index in [-0.39, 0.29) is 103 Å². The second-order valence-electron chi connectivity index (χ2n) is 1.86. The van der Waals surface area contributed by atoms with Gasteiger partial charge < -0.3 is 9.11 Å². The van der Waals surface area contributed by atoms with Gasteiger partial charge in [0.15, 0.2) is 0 Å². The molecule has 0 aliphatic carbocycles. The molecule has 1 aromatic rings. The van der Waals surface area contributed by atoms with E-state index in [1.165, 1.54) is 5.56 Å². The third kappa shape index (κ3) is 20.6. The van der Waals surface area contributed by atoms with Gasteiger partial charge in [-0.05, 0) is 6.92 Å². The Kier molecular flexibility index (Phi) is 23.4. The molecule has 0 N–H and O–H groups in total. The summed E-state index contributed by atoms with van der Waals surface area (Å²) in [5.74, 6) is 0. The van der Waals surface area contributed by atoms with Crippen LogP contribution in [0.15, 0.2) is 30.3 Å². The van der Waals surface area contributed by atoms with Crippen LogP contribution in [0.25, 0.3) is 0 Å². The van der Waals surface area contributed by atoms with E-state index in [2.05, 4.69) is 19.1 Å². The first kappa shape index (κ1) is 20.9. The molecule has 13 heavy (non-hydrogen) atoms. The van der Waals surface area contributed by atoms with Crippen LogP contribution in [-0.2, 0) is 11.4 Å². The minimum atomic E-state index is -3.11. The summed E-state index contributed by atoms with van der Waals surface area (Å²) in [6, 6.07) is 10.3. The van der Waals surface area contributed by atoms with Gasteiger partial charge in [0.05, 0.1) is 0 Å². The number of aryl methyl sites for hydroxylation is 1. The minimum Gasteiger partial charge on any atom is -0.784 e. The zero-order valence-corrected chi connectivity index (χ0v) is 15.1. The van der Waals surface area contributed by atoms with Gasteiger partial charge in [0, 0.05) is 0 Å². The molecule has 0 unspecified atom stereocenters. The van der Waals surface area contributed by atoms with E-state index >= 15 is 0 Å². The third-order valence-electron chi connectivity index (χ3n) is 0.940. The second kappa shape index (κ2) is 14.6. The van der Waals surface area contributed by atoms with E-state index in [9.17, 15) is 0 Å². The van der Waals surface area contributed by atoms with Crippen LogP contribution in [0.2, 0.25) is 0 Å². The van der Waals surface area contributed by atoms with E-state index < -0.39 is 11.4 Å². The zero-order valence-electron chi connectivity index (χ0n) is 8.02. The first-order valence-corrected chi connectivity index (χ1v) is 3.91. The van der Waals surface area contributed by atoms with Crippen LogP contribution in [0.1, 0.15) is 5.56 Å². The summed E-state index contributed by atoms with van der Waals surface area (Å²) in [6.07, 6.45) is 0. The van der Waals surface area contributed by atoms with Crippen LogP contribution < -0.4 is 103 Å². The van der Waals surface area contributed by atoms with Gasteiger partial charge in [0.25, 0.3) is 0 Å². The van der Waals surface area contributed by atoms with Crippen LogP contribution in [0.3, 0.4) is 0 Å². The molecule has 3 nitrogen and oxygen atoms in total. The van der Waals surface area contributed by atoms with Crippen molar-refractivity contribution in [3.05, 3.63) is 35.9 Å². The molecule has 1 aromatic carbocycles. The Morgan fingerprint density at radius 1 is 1.08 bits per heavy atom. The summed E-state index contributed by atoms with van der Waals surface area (Å²) in [6.45, 7) is 2.08. The molecule has 62 valence electrons. The number of benzene rings is 1. The fourth-order valence-electron chi connectivity index (χ4n) is 0.534. The van der Waals surface area contributed by atoms with Gasteiger partial charge in [-0.25, -0.2) is 0 Å². The second-order valence-corrected chi connectivity index (χ2v) is 2.27. The van der Waals surface area contributed by atoms with Crippen molar-refractivity contribution >= 4 is 11.4 Å². The van der Waals surface area contributed by atoms with Gasteiger partial charge in [0.2, 0.25) is 0 Å². The smallest absolute Gasteiger partial charge is 0.784 e. The van der Waals surface area contributed by atoms with Gasteiger partial charge >= 0.3 is 103 Å². The molecule has 0 amide bonds. The zero-order chi connectivity index (χ0) is 8.69. The van der Waals surface area contributed by atoms with Crippen molar-refractivity contribution in [2.24, 2.45) is 0 Å². The molecule has 0 aliphatic heterocycles. The summed E-state index contributed by atoms with van der Waals surface area (Å²) in [7, 11) is 0. The third-order valence-corrected chi connectivity index (χ3v) is 0.940. The summed E-state index contributed by atoms with van der Waals surface area (Å²) in [4.78, 5) is 0. The Morgan fingerprint density at radius 3 is 1.54 bits per heavy atom. The van der Waals surface area contributed by atoms with E-state index in [1.54, 1.807) is 0 Å². The van der Waals surface area contributed by atoms with Crippen molar-refractivity contribution in [2.75, 3.05) is 0 Å². The summed E-state index contributed by atoms with van der Waals surface area (Å²) >= 11 is -3.11. The van der Waals surface area contributed by atoms with Gasteiger partial charge in [-0.1, -0.05) is 35.9 Å². The van der Waals surface area contributed by atoms with Crippen molar-refractivity contribution in [1.82, 2.24) is 0 Å². The summed E-state index contributed by atoms with van der Waals surface area (Å²) in [5.41, 5.74) is 1.32. The molecular formula is C7H8K2O3S. The van der Waals surface area contributed by atoms with E-state index in [1.807, 2.05) is 18.2 Å². The van der Waals surface area contributed by atoms with Gasteiger partial charge in [-0.3, -0.25) is 4.21 Å². The maximum Gasteiger partial charge on any atom is 1.00 e. The molecule has 0 heterocycles. The molecule has 6 heteroatoms. The van der Waals surface area contributed by atoms with Crippen molar-refractivity contribution in [1.29, 1.82) is 0 Å². The fourth-order valence-corrected chi connectivity index (χ4v) is 0.534. The first-order chi connectivity index (χ1) is 5.13. The molecule has 0 atom stereocenters. The number of rotatable bonds is 0. The molecule has 0 bridgehead atoms. The number of hydrogen-bond acceptors (Lipinski definition) is 3. The summed E-state index contributed by atoms with van der Waals surface area (Å²) < 4.78 is 25.3. The van der Waals surface area contributed by atoms with E-state index in [4.69, 9.17) is 13.3 Å². The quantitative estimate of drug-likeness (QED) is 0.342. The van der Waals surface area contributed by atoms with Crippen molar-refractivity contribution in [2.45, 2.75) is 6.92 Å². The van der Waals surface area contributed by atoms with Crippen molar-refractivity contribution < 1.29 is 116 Å². The topological polar surface area (TPSA) is 63.2 Å². The van der Waals surface area contributed by atoms with Gasteiger partial charge in [-0.2, -0.15) is 0 Å². The van der Waals surface area contributed by atoms with Crippen LogP contribution in [0.5, 0.6) is 0 Å². The first-order valence-electron chi connectivity index (χ1n) is 2.91. The number of hydrogen-bond donors (Lipinski definition) is 0. The van der Waals surface area contributed by atoms with Crippen molar-refractivity contribution in [3.8, 4) is 0 Å². The largest absolute Gasteiger partial charge is 1.00 e. The monoisotopic (exact) mass is 250 g/mol. The Balaban J connectivity index is -0.000000150. The maximum absolute atomic E-state index is 8.44. The molecule has 0 saturated carbocycles. The molecule has 0 saturated heterocycles. The Hall–Kier alpha value is 2.56. The molecule has 0 fully saturated rings. The van der Waals surface area contributed by atoms with Crippen LogP contribution >= 0.6 is 0 Å². The Labute approximate surface area is 166 Å². The van der Waals surface area contributed by atoms with Crippen LogP contribution in [0, 0.1) is 6.92 Å². The summed E-state index contributed by atoms with van der Waals surface area (Å²) in [5, 5.41) is 0. The SMILES string of the molecule is Cc1ccccc1.O=S([O-])[O-].[K+].[K+]. The average molecular weight is 250 g/mol. The fraction of sp³-hybridized carbons (Fsp3) is 0.143. The molecular weight excluding hydrogens is 242 g/mol. The van der Waals surface area contributed by atoms with E-state index in [0.717, 1.165) is 0 Å². The Morgan fingerprint density at radius 2 is 1.38 bits per heavy atom. The molecule has 0 aromatic heterocycles. The standard InChI is InChI=1S/C7H8.2K.H2O3S/c1-7-5-3-2-4-6-7;;;1-4(2)3/h2-6H,1H3;;;(H2,1,2,3)/q;2*+1;/p-2. The van der Waals surface area contributed by atoms with Crippen LogP contribution in [-0.4, -0.2) is 13.3 Å². The van der Waals surface area contributed by atoms with E-state index in [0.29, 0.717) is 0 Å².